The molecule has 0 aliphatic heterocycles. The lowest BCUT2D eigenvalue weighted by Gasteiger charge is -2.38. The Morgan fingerprint density at radius 3 is 2.54 bits per heavy atom. The molecular formula is C22H36N2O4. The van der Waals surface area contributed by atoms with Crippen LogP contribution in [-0.4, -0.2) is 45.0 Å². The summed E-state index contributed by atoms with van der Waals surface area (Å²) < 4.78 is 16.0. The molecule has 1 aromatic carbocycles. The first-order chi connectivity index (χ1) is 13.5. The SMILES string of the molecule is CCOC(=O)C(COC)Oc1ccc(N(CC(C)C)C2CCCCC2)c(N)c1. The van der Waals surface area contributed by atoms with Crippen LogP contribution in [-0.2, 0) is 14.3 Å². The van der Waals surface area contributed by atoms with Crippen molar-refractivity contribution in [2.75, 3.05) is 37.5 Å². The maximum atomic E-state index is 12.1. The van der Waals surface area contributed by atoms with Gasteiger partial charge in [0.2, 0.25) is 6.10 Å². The number of ether oxygens (including phenoxy) is 3. The van der Waals surface area contributed by atoms with Crippen molar-refractivity contribution >= 4 is 17.3 Å². The number of carbonyl (C=O) groups is 1. The Bertz CT molecular complexity index is 615. The number of hydrogen-bond acceptors (Lipinski definition) is 6. The molecule has 0 heterocycles. The molecule has 1 fully saturated rings. The van der Waals surface area contributed by atoms with Crippen molar-refractivity contribution in [2.24, 2.45) is 5.92 Å². The summed E-state index contributed by atoms with van der Waals surface area (Å²) in [6.45, 7) is 7.64. The average Bonchev–Trinajstić information content (AvgIpc) is 2.67. The summed E-state index contributed by atoms with van der Waals surface area (Å²) in [5.74, 6) is 0.660. The Labute approximate surface area is 169 Å². The van der Waals surface area contributed by atoms with Crippen molar-refractivity contribution in [3.63, 3.8) is 0 Å². The molecule has 1 aliphatic carbocycles. The van der Waals surface area contributed by atoms with Crippen LogP contribution in [0.2, 0.25) is 0 Å². The smallest absolute Gasteiger partial charge is 0.349 e. The Hall–Kier alpha value is -1.95. The lowest BCUT2D eigenvalue weighted by molar-refractivity contribution is -0.153. The third kappa shape index (κ3) is 6.30. The van der Waals surface area contributed by atoms with Crippen LogP contribution in [0.1, 0.15) is 52.9 Å². The van der Waals surface area contributed by atoms with E-state index in [9.17, 15) is 4.79 Å². The molecule has 0 spiro atoms. The summed E-state index contributed by atoms with van der Waals surface area (Å²) in [4.78, 5) is 14.5. The molecule has 0 radical (unpaired) electrons. The molecule has 2 rings (SSSR count). The van der Waals surface area contributed by atoms with E-state index in [1.807, 2.05) is 12.1 Å². The van der Waals surface area contributed by atoms with Crippen LogP contribution >= 0.6 is 0 Å². The van der Waals surface area contributed by atoms with Gasteiger partial charge < -0.3 is 24.8 Å². The summed E-state index contributed by atoms with van der Waals surface area (Å²) in [5.41, 5.74) is 8.14. The molecule has 6 nitrogen and oxygen atoms in total. The molecule has 2 N–H and O–H groups in total. The van der Waals surface area contributed by atoms with Crippen LogP contribution in [0.15, 0.2) is 18.2 Å². The minimum absolute atomic E-state index is 0.127. The lowest BCUT2D eigenvalue weighted by atomic mass is 9.93. The molecule has 1 aromatic rings. The summed E-state index contributed by atoms with van der Waals surface area (Å²) in [7, 11) is 1.53. The highest BCUT2D eigenvalue weighted by molar-refractivity contribution is 5.76. The van der Waals surface area contributed by atoms with Gasteiger partial charge in [-0.2, -0.15) is 0 Å². The van der Waals surface area contributed by atoms with Gasteiger partial charge in [-0.25, -0.2) is 4.79 Å². The Balaban J connectivity index is 2.18. The number of esters is 1. The Morgan fingerprint density at radius 1 is 1.25 bits per heavy atom. The summed E-state index contributed by atoms with van der Waals surface area (Å²) in [5, 5.41) is 0. The van der Waals surface area contributed by atoms with E-state index in [0.717, 1.165) is 12.2 Å². The first-order valence-corrected chi connectivity index (χ1v) is 10.4. The molecule has 0 saturated heterocycles. The molecule has 0 aromatic heterocycles. The number of hydrogen-bond donors (Lipinski definition) is 1. The van der Waals surface area contributed by atoms with E-state index < -0.39 is 12.1 Å². The number of nitrogen functional groups attached to an aromatic ring is 1. The molecule has 1 unspecified atom stereocenters. The predicted octanol–water partition coefficient (Wildman–Crippen LogP) is 4.02. The predicted molar refractivity (Wildman–Crippen MR) is 113 cm³/mol. The van der Waals surface area contributed by atoms with Crippen LogP contribution in [0.4, 0.5) is 11.4 Å². The zero-order valence-corrected chi connectivity index (χ0v) is 17.8. The fourth-order valence-electron chi connectivity index (χ4n) is 3.80. The minimum atomic E-state index is -0.805. The van der Waals surface area contributed by atoms with E-state index in [-0.39, 0.29) is 6.61 Å². The van der Waals surface area contributed by atoms with Crippen LogP contribution in [0, 0.1) is 5.92 Å². The summed E-state index contributed by atoms with van der Waals surface area (Å²) in [6.07, 6.45) is 5.49. The molecule has 0 amide bonds. The first-order valence-electron chi connectivity index (χ1n) is 10.4. The maximum Gasteiger partial charge on any atom is 0.349 e. The van der Waals surface area contributed by atoms with Crippen molar-refractivity contribution in [3.8, 4) is 5.75 Å². The van der Waals surface area contributed by atoms with Crippen LogP contribution in [0.5, 0.6) is 5.75 Å². The molecule has 0 bridgehead atoms. The standard InChI is InChI=1S/C22H36N2O4/c1-5-27-22(25)21(15-26-4)28-18-11-12-20(19(23)13-18)24(14-16(2)3)17-9-7-6-8-10-17/h11-13,16-17,21H,5-10,14-15,23H2,1-4H3. The van der Waals surface area contributed by atoms with E-state index in [1.54, 1.807) is 13.0 Å². The molecule has 28 heavy (non-hydrogen) atoms. The Kier molecular flexibility index (Phi) is 8.90. The van der Waals surface area contributed by atoms with Crippen LogP contribution in [0.3, 0.4) is 0 Å². The van der Waals surface area contributed by atoms with Gasteiger partial charge in [-0.15, -0.1) is 0 Å². The second kappa shape index (κ2) is 11.1. The monoisotopic (exact) mass is 392 g/mol. The molecular weight excluding hydrogens is 356 g/mol. The fraction of sp³-hybridized carbons (Fsp3) is 0.682. The highest BCUT2D eigenvalue weighted by atomic mass is 16.6. The number of benzene rings is 1. The molecule has 1 atom stereocenters. The zero-order chi connectivity index (χ0) is 20.5. The highest BCUT2D eigenvalue weighted by Gasteiger charge is 2.25. The van der Waals surface area contributed by atoms with Gasteiger partial charge in [0.05, 0.1) is 24.6 Å². The van der Waals surface area contributed by atoms with Gasteiger partial charge in [-0.3, -0.25) is 0 Å². The van der Waals surface area contributed by atoms with Gasteiger partial charge in [0.15, 0.2) is 0 Å². The minimum Gasteiger partial charge on any atom is -0.476 e. The molecule has 1 saturated carbocycles. The average molecular weight is 393 g/mol. The number of nitrogens with zero attached hydrogens (tertiary/aromatic N) is 1. The fourth-order valence-corrected chi connectivity index (χ4v) is 3.80. The molecule has 158 valence electrons. The first kappa shape index (κ1) is 22.3. The van der Waals surface area contributed by atoms with E-state index in [1.165, 1.54) is 39.2 Å². The molecule has 1 aliphatic rings. The van der Waals surface area contributed by atoms with Gasteiger partial charge in [-0.1, -0.05) is 33.1 Å². The van der Waals surface area contributed by atoms with Gasteiger partial charge >= 0.3 is 5.97 Å². The summed E-state index contributed by atoms with van der Waals surface area (Å²) >= 11 is 0. The lowest BCUT2D eigenvalue weighted by Crippen LogP contribution is -2.39. The van der Waals surface area contributed by atoms with Gasteiger partial charge in [0.25, 0.3) is 0 Å². The van der Waals surface area contributed by atoms with Crippen LogP contribution < -0.4 is 15.4 Å². The number of nitrogens with two attached hydrogens (primary N) is 1. The van der Waals surface area contributed by atoms with Crippen molar-refractivity contribution in [1.29, 1.82) is 0 Å². The summed E-state index contributed by atoms with van der Waals surface area (Å²) in [6, 6.07) is 6.22. The van der Waals surface area contributed by atoms with Gasteiger partial charge in [0.1, 0.15) is 5.75 Å². The normalized spacial score (nSPS) is 16.0. The van der Waals surface area contributed by atoms with Gasteiger partial charge in [-0.05, 0) is 37.8 Å². The van der Waals surface area contributed by atoms with E-state index in [0.29, 0.717) is 30.0 Å². The zero-order valence-electron chi connectivity index (χ0n) is 17.8. The third-order valence-electron chi connectivity index (χ3n) is 5.03. The van der Waals surface area contributed by atoms with Crippen molar-refractivity contribution in [3.05, 3.63) is 18.2 Å². The third-order valence-corrected chi connectivity index (χ3v) is 5.03. The number of methoxy groups -OCH3 is 1. The quantitative estimate of drug-likeness (QED) is 0.479. The largest absolute Gasteiger partial charge is 0.476 e. The van der Waals surface area contributed by atoms with Gasteiger partial charge in [0, 0.05) is 25.8 Å². The number of rotatable bonds is 10. The second-order valence-electron chi connectivity index (χ2n) is 7.87. The Morgan fingerprint density at radius 2 is 1.96 bits per heavy atom. The number of carbonyl (C=O) groups excluding carboxylic acids is 1. The van der Waals surface area contributed by atoms with Crippen molar-refractivity contribution in [1.82, 2.24) is 0 Å². The van der Waals surface area contributed by atoms with E-state index in [4.69, 9.17) is 19.9 Å². The topological polar surface area (TPSA) is 74.0 Å². The second-order valence-corrected chi connectivity index (χ2v) is 7.87. The van der Waals surface area contributed by atoms with E-state index >= 15 is 0 Å². The molecule has 6 heteroatoms. The van der Waals surface area contributed by atoms with E-state index in [2.05, 4.69) is 18.7 Å². The highest BCUT2D eigenvalue weighted by Crippen LogP contribution is 2.34. The van der Waals surface area contributed by atoms with Crippen molar-refractivity contribution in [2.45, 2.75) is 65.0 Å². The maximum absolute atomic E-state index is 12.1. The number of anilines is 2. The van der Waals surface area contributed by atoms with Crippen molar-refractivity contribution < 1.29 is 19.0 Å². The van der Waals surface area contributed by atoms with Crippen LogP contribution in [0.25, 0.3) is 0 Å².